The van der Waals surface area contributed by atoms with E-state index in [0.717, 1.165) is 12.8 Å². The fraction of sp³-hybridized carbons (Fsp3) is 0.818. The van der Waals surface area contributed by atoms with Crippen LogP contribution in [0.15, 0.2) is 4.52 Å². The minimum atomic E-state index is -0.415. The molecule has 15 heavy (non-hydrogen) atoms. The Morgan fingerprint density at radius 3 is 2.53 bits per heavy atom. The summed E-state index contributed by atoms with van der Waals surface area (Å²) in [5.74, 6) is 1.65. The van der Waals surface area contributed by atoms with Gasteiger partial charge in [-0.05, 0) is 24.2 Å². The summed E-state index contributed by atoms with van der Waals surface area (Å²) in [5.41, 5.74) is 6.28. The van der Waals surface area contributed by atoms with E-state index in [2.05, 4.69) is 30.9 Å². The number of rotatable bonds is 1. The van der Waals surface area contributed by atoms with E-state index in [1.54, 1.807) is 6.92 Å². The highest BCUT2D eigenvalue weighted by molar-refractivity contribution is 5.12. The summed E-state index contributed by atoms with van der Waals surface area (Å²) in [6.07, 6.45) is 2.03. The fourth-order valence-corrected chi connectivity index (χ4v) is 2.84. The number of hydrogen-bond acceptors (Lipinski definition) is 4. The van der Waals surface area contributed by atoms with Crippen molar-refractivity contribution in [3.8, 4) is 0 Å². The molecular weight excluding hydrogens is 190 g/mol. The normalized spacial score (nSPS) is 34.6. The summed E-state index contributed by atoms with van der Waals surface area (Å²) >= 11 is 0. The molecule has 0 bridgehead atoms. The molecule has 0 amide bonds. The van der Waals surface area contributed by atoms with Gasteiger partial charge in [0.1, 0.15) is 0 Å². The van der Waals surface area contributed by atoms with Crippen LogP contribution in [0.3, 0.4) is 0 Å². The van der Waals surface area contributed by atoms with Gasteiger partial charge in [0.25, 0.3) is 0 Å². The van der Waals surface area contributed by atoms with Crippen molar-refractivity contribution in [1.29, 1.82) is 0 Å². The highest BCUT2D eigenvalue weighted by Crippen LogP contribution is 2.50. The first kappa shape index (κ1) is 10.6. The molecule has 2 atom stereocenters. The zero-order valence-corrected chi connectivity index (χ0v) is 9.87. The molecule has 2 N–H and O–H groups in total. The van der Waals surface area contributed by atoms with Gasteiger partial charge >= 0.3 is 0 Å². The van der Waals surface area contributed by atoms with Gasteiger partial charge in [-0.3, -0.25) is 0 Å². The number of nitrogens with two attached hydrogens (primary N) is 1. The van der Waals surface area contributed by atoms with E-state index >= 15 is 0 Å². The van der Waals surface area contributed by atoms with Crippen molar-refractivity contribution in [3.05, 3.63) is 11.7 Å². The minimum Gasteiger partial charge on any atom is -0.340 e. The largest absolute Gasteiger partial charge is 0.340 e. The van der Waals surface area contributed by atoms with Gasteiger partial charge in [-0.1, -0.05) is 25.9 Å². The zero-order chi connectivity index (χ0) is 11.3. The number of aryl methyl sites for hydroxylation is 1. The Kier molecular flexibility index (Phi) is 2.15. The molecule has 0 radical (unpaired) electrons. The van der Waals surface area contributed by atoms with Crippen LogP contribution in [0, 0.1) is 18.3 Å². The third-order valence-electron chi connectivity index (χ3n) is 3.45. The van der Waals surface area contributed by atoms with Crippen LogP contribution in [0.5, 0.6) is 0 Å². The first-order valence-electron chi connectivity index (χ1n) is 5.43. The Morgan fingerprint density at radius 2 is 2.13 bits per heavy atom. The van der Waals surface area contributed by atoms with Gasteiger partial charge in [-0.25, -0.2) is 0 Å². The standard InChI is InChI=1S/C11H19N3O/c1-7-5-10(3,4)6-11(7,12)9-13-8(2)15-14-9/h7H,5-6,12H2,1-4H3. The molecule has 1 heterocycles. The Bertz CT molecular complexity index is 372. The highest BCUT2D eigenvalue weighted by atomic mass is 16.5. The topological polar surface area (TPSA) is 64.9 Å². The summed E-state index contributed by atoms with van der Waals surface area (Å²) in [7, 11) is 0. The third kappa shape index (κ3) is 1.67. The Balaban J connectivity index is 2.35. The van der Waals surface area contributed by atoms with Gasteiger partial charge < -0.3 is 10.3 Å². The third-order valence-corrected chi connectivity index (χ3v) is 3.45. The van der Waals surface area contributed by atoms with Crippen LogP contribution in [-0.4, -0.2) is 10.1 Å². The van der Waals surface area contributed by atoms with Crippen LogP contribution < -0.4 is 5.73 Å². The quantitative estimate of drug-likeness (QED) is 0.768. The Labute approximate surface area is 90.2 Å². The van der Waals surface area contributed by atoms with E-state index in [4.69, 9.17) is 10.3 Å². The summed E-state index contributed by atoms with van der Waals surface area (Å²) in [6.45, 7) is 8.45. The van der Waals surface area contributed by atoms with E-state index in [9.17, 15) is 0 Å². The number of nitrogens with zero attached hydrogens (tertiary/aromatic N) is 2. The van der Waals surface area contributed by atoms with Gasteiger partial charge in [0, 0.05) is 6.92 Å². The first-order chi connectivity index (χ1) is 6.83. The molecule has 1 aliphatic rings. The molecular formula is C11H19N3O. The van der Waals surface area contributed by atoms with Gasteiger partial charge in [0.2, 0.25) is 5.89 Å². The molecule has 0 saturated heterocycles. The van der Waals surface area contributed by atoms with Gasteiger partial charge in [0.15, 0.2) is 5.82 Å². The van der Waals surface area contributed by atoms with E-state index in [-0.39, 0.29) is 5.41 Å². The predicted molar refractivity (Wildman–Crippen MR) is 57.1 cm³/mol. The second-order valence-electron chi connectivity index (χ2n) is 5.62. The highest BCUT2D eigenvalue weighted by Gasteiger charge is 2.49. The van der Waals surface area contributed by atoms with Crippen LogP contribution in [0.25, 0.3) is 0 Å². The zero-order valence-electron chi connectivity index (χ0n) is 9.87. The second-order valence-corrected chi connectivity index (χ2v) is 5.62. The summed E-state index contributed by atoms with van der Waals surface area (Å²) in [4.78, 5) is 4.28. The lowest BCUT2D eigenvalue weighted by molar-refractivity contribution is 0.294. The van der Waals surface area contributed by atoms with Crippen molar-refractivity contribution in [3.63, 3.8) is 0 Å². The lowest BCUT2D eigenvalue weighted by Gasteiger charge is -2.25. The van der Waals surface area contributed by atoms with Crippen molar-refractivity contribution in [2.75, 3.05) is 0 Å². The molecule has 0 aliphatic heterocycles. The first-order valence-corrected chi connectivity index (χ1v) is 5.43. The Hall–Kier alpha value is -0.900. The molecule has 1 fully saturated rings. The van der Waals surface area contributed by atoms with Crippen molar-refractivity contribution in [2.45, 2.75) is 46.1 Å². The maximum absolute atomic E-state index is 6.43. The maximum Gasteiger partial charge on any atom is 0.223 e. The summed E-state index contributed by atoms with van der Waals surface area (Å²) in [6, 6.07) is 0. The molecule has 4 nitrogen and oxygen atoms in total. The van der Waals surface area contributed by atoms with E-state index in [1.807, 2.05) is 0 Å². The van der Waals surface area contributed by atoms with E-state index in [1.165, 1.54) is 0 Å². The lowest BCUT2D eigenvalue weighted by atomic mass is 9.87. The molecule has 4 heteroatoms. The average Bonchev–Trinajstić information content (AvgIpc) is 2.56. The fourth-order valence-electron chi connectivity index (χ4n) is 2.84. The molecule has 1 aliphatic carbocycles. The molecule has 84 valence electrons. The van der Waals surface area contributed by atoms with Crippen LogP contribution in [0.1, 0.15) is 45.3 Å². The lowest BCUT2D eigenvalue weighted by Crippen LogP contribution is -2.40. The smallest absolute Gasteiger partial charge is 0.223 e. The molecule has 1 saturated carbocycles. The summed E-state index contributed by atoms with van der Waals surface area (Å²) < 4.78 is 5.02. The van der Waals surface area contributed by atoms with Crippen LogP contribution in [0.2, 0.25) is 0 Å². The summed E-state index contributed by atoms with van der Waals surface area (Å²) in [5, 5.41) is 3.97. The molecule has 2 rings (SSSR count). The monoisotopic (exact) mass is 209 g/mol. The number of hydrogen-bond donors (Lipinski definition) is 1. The molecule has 0 spiro atoms. The van der Waals surface area contributed by atoms with Crippen molar-refractivity contribution in [1.82, 2.24) is 10.1 Å². The number of aromatic nitrogens is 2. The SMILES string of the molecule is Cc1nc(C2(N)CC(C)(C)CC2C)no1. The minimum absolute atomic E-state index is 0.267. The Morgan fingerprint density at radius 1 is 1.47 bits per heavy atom. The van der Waals surface area contributed by atoms with Crippen molar-refractivity contribution in [2.24, 2.45) is 17.1 Å². The van der Waals surface area contributed by atoms with E-state index in [0.29, 0.717) is 17.6 Å². The van der Waals surface area contributed by atoms with Crippen LogP contribution in [0.4, 0.5) is 0 Å². The molecule has 1 aromatic heterocycles. The van der Waals surface area contributed by atoms with Gasteiger partial charge in [-0.2, -0.15) is 4.98 Å². The molecule has 2 unspecified atom stereocenters. The molecule has 0 aromatic carbocycles. The van der Waals surface area contributed by atoms with Gasteiger partial charge in [0.05, 0.1) is 5.54 Å². The van der Waals surface area contributed by atoms with Crippen molar-refractivity contribution >= 4 is 0 Å². The van der Waals surface area contributed by atoms with Gasteiger partial charge in [-0.15, -0.1) is 0 Å². The van der Waals surface area contributed by atoms with Crippen LogP contribution in [-0.2, 0) is 5.54 Å². The average molecular weight is 209 g/mol. The molecule has 1 aromatic rings. The van der Waals surface area contributed by atoms with Crippen LogP contribution >= 0.6 is 0 Å². The second kappa shape index (κ2) is 3.04. The van der Waals surface area contributed by atoms with Crippen molar-refractivity contribution < 1.29 is 4.52 Å². The van der Waals surface area contributed by atoms with E-state index < -0.39 is 5.54 Å². The maximum atomic E-state index is 6.43. The predicted octanol–water partition coefficient (Wildman–Crippen LogP) is 1.99.